The van der Waals surface area contributed by atoms with Crippen LogP contribution >= 0.6 is 24.0 Å². The van der Waals surface area contributed by atoms with Crippen molar-refractivity contribution in [1.82, 2.24) is 10.2 Å². The fourth-order valence-electron chi connectivity index (χ4n) is 2.53. The molecular weight excluding hydrogens is 325 g/mol. The van der Waals surface area contributed by atoms with Crippen LogP contribution in [-0.4, -0.2) is 50.6 Å². The third kappa shape index (κ3) is 5.32. The lowest BCUT2D eigenvalue weighted by molar-refractivity contribution is -0.117. The van der Waals surface area contributed by atoms with E-state index in [9.17, 15) is 4.79 Å². The molecule has 22 heavy (non-hydrogen) atoms. The highest BCUT2D eigenvalue weighted by Crippen LogP contribution is 2.27. The zero-order chi connectivity index (χ0) is 15.2. The molecule has 1 aromatic rings. The number of hydrogen-bond acceptors (Lipinski definition) is 4. The molecule has 1 aliphatic heterocycles. The van der Waals surface area contributed by atoms with Gasteiger partial charge in [-0.15, -0.1) is 12.4 Å². The number of carbonyl (C=O) groups excluding carboxylic acids is 1. The van der Waals surface area contributed by atoms with E-state index in [0.29, 0.717) is 29.0 Å². The van der Waals surface area contributed by atoms with Crippen molar-refractivity contribution in [3.05, 3.63) is 23.2 Å². The predicted molar refractivity (Wildman–Crippen MR) is 92.4 cm³/mol. The van der Waals surface area contributed by atoms with Crippen LogP contribution in [0.5, 0.6) is 5.75 Å². The molecule has 0 unspecified atom stereocenters. The van der Waals surface area contributed by atoms with Crippen LogP contribution in [0.4, 0.5) is 5.69 Å². The first kappa shape index (κ1) is 19.0. The maximum Gasteiger partial charge on any atom is 0.238 e. The van der Waals surface area contributed by atoms with E-state index in [0.717, 1.165) is 25.9 Å². The Hall–Kier alpha value is -1.01. The number of halogens is 2. The van der Waals surface area contributed by atoms with E-state index in [1.54, 1.807) is 25.3 Å². The molecule has 0 bridgehead atoms. The molecule has 0 aromatic heterocycles. The lowest BCUT2D eigenvalue weighted by Gasteiger charge is -2.31. The van der Waals surface area contributed by atoms with Gasteiger partial charge in [0.05, 0.1) is 18.7 Å². The Morgan fingerprint density at radius 1 is 1.41 bits per heavy atom. The maximum atomic E-state index is 12.1. The van der Waals surface area contributed by atoms with Gasteiger partial charge in [0.15, 0.2) is 0 Å². The first-order valence-electron chi connectivity index (χ1n) is 7.15. The number of rotatable bonds is 5. The first-order chi connectivity index (χ1) is 10.1. The van der Waals surface area contributed by atoms with Gasteiger partial charge in [0, 0.05) is 24.8 Å². The largest absolute Gasteiger partial charge is 0.495 e. The number of carbonyl (C=O) groups is 1. The van der Waals surface area contributed by atoms with Crippen LogP contribution < -0.4 is 15.4 Å². The second kappa shape index (κ2) is 9.20. The molecule has 1 amide bonds. The van der Waals surface area contributed by atoms with Gasteiger partial charge in [-0.1, -0.05) is 11.6 Å². The topological polar surface area (TPSA) is 53.6 Å². The van der Waals surface area contributed by atoms with Crippen molar-refractivity contribution in [3.63, 3.8) is 0 Å². The minimum absolute atomic E-state index is 0. The molecule has 2 N–H and O–H groups in total. The fourth-order valence-corrected chi connectivity index (χ4v) is 2.79. The van der Waals surface area contributed by atoms with E-state index in [2.05, 4.69) is 15.5 Å². The molecule has 1 heterocycles. The number of methoxy groups -OCH3 is 1. The number of amides is 1. The Kier molecular flexibility index (Phi) is 7.96. The van der Waals surface area contributed by atoms with E-state index in [1.807, 2.05) is 7.05 Å². The van der Waals surface area contributed by atoms with Gasteiger partial charge in [-0.05, 0) is 38.1 Å². The number of benzene rings is 1. The third-order valence-electron chi connectivity index (χ3n) is 3.80. The molecule has 1 saturated heterocycles. The molecule has 124 valence electrons. The number of piperidine rings is 1. The molecule has 1 fully saturated rings. The van der Waals surface area contributed by atoms with E-state index in [1.165, 1.54) is 0 Å². The summed E-state index contributed by atoms with van der Waals surface area (Å²) in [6.07, 6.45) is 2.16. The quantitative estimate of drug-likeness (QED) is 0.858. The molecule has 7 heteroatoms. The van der Waals surface area contributed by atoms with Crippen LogP contribution in [0.15, 0.2) is 18.2 Å². The predicted octanol–water partition coefficient (Wildman–Crippen LogP) is 2.39. The molecule has 0 aliphatic carbocycles. The lowest BCUT2D eigenvalue weighted by atomic mass is 10.1. The highest BCUT2D eigenvalue weighted by Gasteiger charge is 2.19. The average Bonchev–Trinajstić information content (AvgIpc) is 2.48. The molecule has 0 saturated carbocycles. The minimum Gasteiger partial charge on any atom is -0.495 e. The average molecular weight is 348 g/mol. The van der Waals surface area contributed by atoms with Gasteiger partial charge in [0.25, 0.3) is 0 Å². The summed E-state index contributed by atoms with van der Waals surface area (Å²) in [6.45, 7) is 2.31. The van der Waals surface area contributed by atoms with E-state index in [-0.39, 0.29) is 18.3 Å². The Morgan fingerprint density at radius 3 is 2.64 bits per heavy atom. The zero-order valence-corrected chi connectivity index (χ0v) is 14.5. The Labute approximate surface area is 142 Å². The van der Waals surface area contributed by atoms with Gasteiger partial charge in [-0.25, -0.2) is 0 Å². The second-order valence-corrected chi connectivity index (χ2v) is 5.64. The van der Waals surface area contributed by atoms with Crippen LogP contribution in [0.25, 0.3) is 0 Å². The van der Waals surface area contributed by atoms with Crippen molar-refractivity contribution < 1.29 is 9.53 Å². The molecular formula is C15H23Cl2N3O2. The van der Waals surface area contributed by atoms with Gasteiger partial charge in [0.1, 0.15) is 5.75 Å². The van der Waals surface area contributed by atoms with Gasteiger partial charge in [-0.2, -0.15) is 0 Å². The van der Waals surface area contributed by atoms with Crippen LogP contribution in [0.1, 0.15) is 12.8 Å². The summed E-state index contributed by atoms with van der Waals surface area (Å²) in [5.74, 6) is 0.586. The summed E-state index contributed by atoms with van der Waals surface area (Å²) in [4.78, 5) is 14.2. The molecule has 1 aliphatic rings. The second-order valence-electron chi connectivity index (χ2n) is 5.24. The Balaban J connectivity index is 0.00000242. The summed E-state index contributed by atoms with van der Waals surface area (Å²) >= 11 is 6.04. The number of nitrogens with one attached hydrogen (secondary N) is 2. The number of ether oxygens (including phenoxy) is 1. The highest BCUT2D eigenvalue weighted by atomic mass is 35.5. The summed E-state index contributed by atoms with van der Waals surface area (Å²) in [7, 11) is 3.55. The maximum absolute atomic E-state index is 12.1. The number of hydrogen-bond donors (Lipinski definition) is 2. The van der Waals surface area contributed by atoms with Gasteiger partial charge < -0.3 is 15.4 Å². The van der Waals surface area contributed by atoms with Crippen molar-refractivity contribution >= 4 is 35.6 Å². The fraction of sp³-hybridized carbons (Fsp3) is 0.533. The number of likely N-dealkylation sites (tertiary alicyclic amines) is 1. The van der Waals surface area contributed by atoms with Crippen molar-refractivity contribution in [1.29, 1.82) is 0 Å². The number of nitrogens with zero attached hydrogens (tertiary/aromatic N) is 1. The van der Waals surface area contributed by atoms with Gasteiger partial charge in [-0.3, -0.25) is 9.69 Å². The van der Waals surface area contributed by atoms with Crippen molar-refractivity contribution in [2.24, 2.45) is 0 Å². The van der Waals surface area contributed by atoms with Gasteiger partial charge >= 0.3 is 0 Å². The Morgan fingerprint density at radius 2 is 2.09 bits per heavy atom. The van der Waals surface area contributed by atoms with Crippen molar-refractivity contribution in [3.8, 4) is 5.75 Å². The SMILES string of the molecule is CNC1CCN(CC(=O)Nc2ccc(OC)c(Cl)c2)CC1.Cl. The zero-order valence-electron chi connectivity index (χ0n) is 12.9. The van der Waals surface area contributed by atoms with Crippen LogP contribution in [0.3, 0.4) is 0 Å². The van der Waals surface area contributed by atoms with E-state index < -0.39 is 0 Å². The summed E-state index contributed by atoms with van der Waals surface area (Å²) in [5.41, 5.74) is 0.691. The monoisotopic (exact) mass is 347 g/mol. The summed E-state index contributed by atoms with van der Waals surface area (Å²) in [6, 6.07) is 5.81. The van der Waals surface area contributed by atoms with E-state index >= 15 is 0 Å². The first-order valence-corrected chi connectivity index (χ1v) is 7.53. The van der Waals surface area contributed by atoms with Crippen LogP contribution in [0.2, 0.25) is 5.02 Å². The lowest BCUT2D eigenvalue weighted by Crippen LogP contribution is -2.44. The van der Waals surface area contributed by atoms with Crippen LogP contribution in [-0.2, 0) is 4.79 Å². The Bertz CT molecular complexity index is 492. The molecule has 0 radical (unpaired) electrons. The number of anilines is 1. The smallest absolute Gasteiger partial charge is 0.238 e. The van der Waals surface area contributed by atoms with E-state index in [4.69, 9.17) is 16.3 Å². The normalized spacial score (nSPS) is 16.0. The molecule has 1 aromatic carbocycles. The highest BCUT2D eigenvalue weighted by molar-refractivity contribution is 6.32. The van der Waals surface area contributed by atoms with Crippen LogP contribution in [0, 0.1) is 0 Å². The summed E-state index contributed by atoms with van der Waals surface area (Å²) in [5, 5.41) is 6.64. The molecule has 0 spiro atoms. The molecule has 0 atom stereocenters. The van der Waals surface area contributed by atoms with Gasteiger partial charge in [0.2, 0.25) is 5.91 Å². The molecule has 5 nitrogen and oxygen atoms in total. The van der Waals surface area contributed by atoms with Crippen molar-refractivity contribution in [2.75, 3.05) is 39.1 Å². The van der Waals surface area contributed by atoms with Crippen molar-refractivity contribution in [2.45, 2.75) is 18.9 Å². The minimum atomic E-state index is -0.0147. The standard InChI is InChI=1S/C15H22ClN3O2.ClH/c1-17-11-5-7-19(8-6-11)10-15(20)18-12-3-4-14(21-2)13(16)9-12;/h3-4,9,11,17H,5-8,10H2,1-2H3,(H,18,20);1H. The third-order valence-corrected chi connectivity index (χ3v) is 4.09. The summed E-state index contributed by atoms with van der Waals surface area (Å²) < 4.78 is 5.09. The molecule has 2 rings (SSSR count).